The van der Waals surface area contributed by atoms with E-state index in [0.29, 0.717) is 17.9 Å². The van der Waals surface area contributed by atoms with Crippen molar-refractivity contribution in [1.29, 1.82) is 5.26 Å². The van der Waals surface area contributed by atoms with Crippen molar-refractivity contribution in [1.82, 2.24) is 10.2 Å². The van der Waals surface area contributed by atoms with Crippen LogP contribution in [-0.4, -0.2) is 36.0 Å². The lowest BCUT2D eigenvalue weighted by molar-refractivity contribution is -0.124. The lowest BCUT2D eigenvalue weighted by atomic mass is 9.71. The molecule has 1 amide bonds. The first kappa shape index (κ1) is 15.6. The van der Waals surface area contributed by atoms with Crippen LogP contribution in [0.4, 0.5) is 0 Å². The maximum Gasteiger partial charge on any atom is 0.235 e. The minimum atomic E-state index is -0.669. The normalized spacial score (nSPS) is 31.5. The average Bonchev–Trinajstić information content (AvgIpc) is 3.33. The zero-order valence-electron chi connectivity index (χ0n) is 13.6. The number of allylic oxidation sites excluding steroid dienone is 2. The van der Waals surface area contributed by atoms with Gasteiger partial charge in [0.1, 0.15) is 5.54 Å². The molecular formula is C18H27N3O. The molecule has 3 aliphatic rings. The predicted molar refractivity (Wildman–Crippen MR) is 86.0 cm³/mol. The van der Waals surface area contributed by atoms with E-state index in [1.807, 2.05) is 6.92 Å². The van der Waals surface area contributed by atoms with Gasteiger partial charge in [-0.25, -0.2) is 0 Å². The molecule has 1 heterocycles. The Kier molecular flexibility index (Phi) is 4.27. The van der Waals surface area contributed by atoms with Gasteiger partial charge in [0, 0.05) is 6.54 Å². The molecule has 4 heteroatoms. The van der Waals surface area contributed by atoms with Crippen molar-refractivity contribution >= 4 is 5.91 Å². The summed E-state index contributed by atoms with van der Waals surface area (Å²) < 4.78 is 0. The lowest BCUT2D eigenvalue weighted by Gasteiger charge is -2.43. The summed E-state index contributed by atoms with van der Waals surface area (Å²) in [6.07, 6.45) is 12.8. The first-order valence-electron chi connectivity index (χ1n) is 8.65. The number of likely N-dealkylation sites (tertiary alicyclic amines) is 1. The van der Waals surface area contributed by atoms with Gasteiger partial charge in [-0.1, -0.05) is 12.2 Å². The molecule has 22 heavy (non-hydrogen) atoms. The molecule has 0 radical (unpaired) electrons. The summed E-state index contributed by atoms with van der Waals surface area (Å²) in [5, 5.41) is 12.4. The molecule has 0 aromatic rings. The number of nitriles is 1. The SMILES string of the molecule is C[C@@](C#N)(NC(=O)CN1CCC[C@]2(CC=CCC2)C1)C1CC1. The Morgan fingerprint density at radius 3 is 2.91 bits per heavy atom. The summed E-state index contributed by atoms with van der Waals surface area (Å²) in [4.78, 5) is 14.7. The van der Waals surface area contributed by atoms with Gasteiger partial charge in [-0.3, -0.25) is 9.69 Å². The number of nitrogens with zero attached hydrogens (tertiary/aromatic N) is 2. The average molecular weight is 301 g/mol. The zero-order valence-corrected chi connectivity index (χ0v) is 13.6. The molecule has 0 aromatic carbocycles. The molecule has 4 nitrogen and oxygen atoms in total. The molecule has 120 valence electrons. The fraction of sp³-hybridized carbons (Fsp3) is 0.778. The van der Waals surface area contributed by atoms with Gasteiger partial charge in [-0.15, -0.1) is 0 Å². The zero-order chi connectivity index (χ0) is 15.6. The number of carbonyl (C=O) groups excluding carboxylic acids is 1. The molecule has 3 rings (SSSR count). The minimum absolute atomic E-state index is 0.0133. The van der Waals surface area contributed by atoms with E-state index in [1.165, 1.54) is 25.7 Å². The van der Waals surface area contributed by atoms with Gasteiger partial charge in [0.05, 0.1) is 12.6 Å². The fourth-order valence-electron chi connectivity index (χ4n) is 4.17. The highest BCUT2D eigenvalue weighted by Crippen LogP contribution is 2.41. The third kappa shape index (κ3) is 3.35. The minimum Gasteiger partial charge on any atom is -0.337 e. The molecule has 1 N–H and O–H groups in total. The monoisotopic (exact) mass is 301 g/mol. The van der Waals surface area contributed by atoms with E-state index in [4.69, 9.17) is 0 Å². The summed E-state index contributed by atoms with van der Waals surface area (Å²) in [5.41, 5.74) is -0.277. The number of piperidine rings is 1. The summed E-state index contributed by atoms with van der Waals surface area (Å²) in [6.45, 7) is 4.34. The van der Waals surface area contributed by atoms with Crippen molar-refractivity contribution < 1.29 is 4.79 Å². The Morgan fingerprint density at radius 2 is 2.27 bits per heavy atom. The molecule has 0 aromatic heterocycles. The summed E-state index contributed by atoms with van der Waals surface area (Å²) in [6, 6.07) is 2.31. The van der Waals surface area contributed by atoms with Crippen LogP contribution >= 0.6 is 0 Å². The van der Waals surface area contributed by atoms with Gasteiger partial charge in [0.15, 0.2) is 0 Å². The molecule has 1 saturated heterocycles. The molecule has 2 aliphatic carbocycles. The second-order valence-electron chi connectivity index (χ2n) is 7.67. The summed E-state index contributed by atoms with van der Waals surface area (Å²) in [7, 11) is 0. The number of carbonyl (C=O) groups is 1. The Balaban J connectivity index is 1.55. The highest BCUT2D eigenvalue weighted by Gasteiger charge is 2.43. The number of hydrogen-bond donors (Lipinski definition) is 1. The van der Waals surface area contributed by atoms with Crippen LogP contribution < -0.4 is 5.32 Å². The molecule has 1 spiro atoms. The molecule has 1 saturated carbocycles. The first-order chi connectivity index (χ1) is 10.6. The van der Waals surface area contributed by atoms with Crippen LogP contribution in [0.1, 0.15) is 51.9 Å². The van der Waals surface area contributed by atoms with Crippen LogP contribution in [0.3, 0.4) is 0 Å². The van der Waals surface area contributed by atoms with E-state index in [2.05, 4.69) is 28.4 Å². The predicted octanol–water partition coefficient (Wildman–Crippen LogP) is 2.62. The third-order valence-electron chi connectivity index (χ3n) is 5.69. The van der Waals surface area contributed by atoms with E-state index in [1.54, 1.807) is 0 Å². The molecule has 2 fully saturated rings. The van der Waals surface area contributed by atoms with Crippen LogP contribution in [0.2, 0.25) is 0 Å². The quantitative estimate of drug-likeness (QED) is 0.812. The second-order valence-corrected chi connectivity index (χ2v) is 7.67. The van der Waals surface area contributed by atoms with Crippen molar-refractivity contribution in [2.45, 2.75) is 57.4 Å². The van der Waals surface area contributed by atoms with Crippen LogP contribution in [-0.2, 0) is 4.79 Å². The van der Waals surface area contributed by atoms with Gasteiger partial charge < -0.3 is 5.32 Å². The van der Waals surface area contributed by atoms with E-state index in [-0.39, 0.29) is 5.91 Å². The van der Waals surface area contributed by atoms with Crippen LogP contribution in [0, 0.1) is 22.7 Å². The van der Waals surface area contributed by atoms with E-state index in [9.17, 15) is 10.1 Å². The Hall–Kier alpha value is -1.34. The maximum absolute atomic E-state index is 12.4. The largest absolute Gasteiger partial charge is 0.337 e. The third-order valence-corrected chi connectivity index (χ3v) is 5.69. The van der Waals surface area contributed by atoms with Crippen molar-refractivity contribution in [2.75, 3.05) is 19.6 Å². The number of rotatable bonds is 4. The van der Waals surface area contributed by atoms with Crippen molar-refractivity contribution in [3.05, 3.63) is 12.2 Å². The summed E-state index contributed by atoms with van der Waals surface area (Å²) >= 11 is 0. The molecule has 2 atom stereocenters. The highest BCUT2D eigenvalue weighted by atomic mass is 16.2. The topological polar surface area (TPSA) is 56.1 Å². The number of hydrogen-bond acceptors (Lipinski definition) is 3. The van der Waals surface area contributed by atoms with Gasteiger partial charge in [-0.05, 0) is 69.7 Å². The van der Waals surface area contributed by atoms with Gasteiger partial charge >= 0.3 is 0 Å². The second kappa shape index (κ2) is 6.04. The number of amides is 1. The Labute approximate surface area is 133 Å². The van der Waals surface area contributed by atoms with Crippen molar-refractivity contribution in [3.8, 4) is 6.07 Å². The number of nitrogens with one attached hydrogen (secondary N) is 1. The van der Waals surface area contributed by atoms with Gasteiger partial charge in [0.2, 0.25) is 5.91 Å². The Bertz CT molecular complexity index is 505. The van der Waals surface area contributed by atoms with Crippen LogP contribution in [0.15, 0.2) is 12.2 Å². The standard InChI is InChI=1S/C18H27N3O/c1-17(13-19,15-6-7-15)20-16(22)12-21-11-5-10-18(14-21)8-3-2-4-9-18/h2-3,15H,4-12,14H2,1H3,(H,20,22)/t17-,18+/m0/s1. The first-order valence-corrected chi connectivity index (χ1v) is 8.65. The highest BCUT2D eigenvalue weighted by molar-refractivity contribution is 5.79. The lowest BCUT2D eigenvalue weighted by Crippen LogP contribution is -2.52. The van der Waals surface area contributed by atoms with Crippen molar-refractivity contribution in [2.24, 2.45) is 11.3 Å². The van der Waals surface area contributed by atoms with E-state index >= 15 is 0 Å². The fourth-order valence-corrected chi connectivity index (χ4v) is 4.17. The van der Waals surface area contributed by atoms with Crippen LogP contribution in [0.5, 0.6) is 0 Å². The van der Waals surface area contributed by atoms with Gasteiger partial charge in [0.25, 0.3) is 0 Å². The summed E-state index contributed by atoms with van der Waals surface area (Å²) in [5.74, 6) is 0.358. The van der Waals surface area contributed by atoms with Gasteiger partial charge in [-0.2, -0.15) is 5.26 Å². The van der Waals surface area contributed by atoms with Crippen molar-refractivity contribution in [3.63, 3.8) is 0 Å². The molecule has 0 bridgehead atoms. The molecule has 1 aliphatic heterocycles. The maximum atomic E-state index is 12.4. The van der Waals surface area contributed by atoms with E-state index < -0.39 is 5.54 Å². The Morgan fingerprint density at radius 1 is 1.45 bits per heavy atom. The van der Waals surface area contributed by atoms with E-state index in [0.717, 1.165) is 32.4 Å². The molecular weight excluding hydrogens is 274 g/mol. The van der Waals surface area contributed by atoms with Crippen LogP contribution in [0.25, 0.3) is 0 Å². The smallest absolute Gasteiger partial charge is 0.235 e. The molecule has 0 unspecified atom stereocenters.